The standard InChI is InChI=1S/C19H16O3S/c20-23(21,22)18-13-11-17(12-14-18)19(15-7-3-1-4-8-15)16-9-5-2-6-10-16/h1-14,19H,(H,20,21,22). The van der Waals surface area contributed by atoms with Crippen LogP contribution >= 0.6 is 0 Å². The van der Waals surface area contributed by atoms with Gasteiger partial charge >= 0.3 is 0 Å². The summed E-state index contributed by atoms with van der Waals surface area (Å²) in [4.78, 5) is -0.0962. The largest absolute Gasteiger partial charge is 0.294 e. The lowest BCUT2D eigenvalue weighted by Crippen LogP contribution is -2.04. The summed E-state index contributed by atoms with van der Waals surface area (Å²) in [6.07, 6.45) is 0. The smallest absolute Gasteiger partial charge is 0.282 e. The van der Waals surface area contributed by atoms with Gasteiger partial charge in [-0.05, 0) is 28.8 Å². The third-order valence-corrected chi connectivity index (χ3v) is 4.64. The van der Waals surface area contributed by atoms with Crippen molar-refractivity contribution < 1.29 is 13.0 Å². The maximum atomic E-state index is 11.2. The highest BCUT2D eigenvalue weighted by Crippen LogP contribution is 2.32. The highest BCUT2D eigenvalue weighted by atomic mass is 32.2. The van der Waals surface area contributed by atoms with Gasteiger partial charge in [0.2, 0.25) is 0 Å². The first-order chi connectivity index (χ1) is 11.1. The van der Waals surface area contributed by atoms with E-state index in [0.29, 0.717) is 0 Å². The Hall–Kier alpha value is -2.43. The molecule has 4 heteroatoms. The molecule has 0 unspecified atom stereocenters. The topological polar surface area (TPSA) is 54.4 Å². The van der Waals surface area contributed by atoms with Gasteiger partial charge in [0.25, 0.3) is 10.1 Å². The Kier molecular flexibility index (Phi) is 4.28. The number of rotatable bonds is 4. The molecule has 0 atom stereocenters. The molecule has 0 saturated carbocycles. The molecule has 3 aromatic rings. The van der Waals surface area contributed by atoms with Crippen molar-refractivity contribution >= 4 is 10.1 Å². The summed E-state index contributed by atoms with van der Waals surface area (Å²) in [5.41, 5.74) is 3.21. The Labute approximate surface area is 136 Å². The van der Waals surface area contributed by atoms with Gasteiger partial charge in [0.05, 0.1) is 4.90 Å². The van der Waals surface area contributed by atoms with E-state index >= 15 is 0 Å². The van der Waals surface area contributed by atoms with Crippen LogP contribution in [0.2, 0.25) is 0 Å². The molecule has 0 heterocycles. The normalized spacial score (nSPS) is 11.6. The first kappa shape index (κ1) is 15.5. The van der Waals surface area contributed by atoms with Crippen molar-refractivity contribution in [2.24, 2.45) is 0 Å². The lowest BCUT2D eigenvalue weighted by Gasteiger charge is -2.19. The van der Waals surface area contributed by atoms with Gasteiger partial charge in [-0.1, -0.05) is 72.8 Å². The fraction of sp³-hybridized carbons (Fsp3) is 0.0526. The third-order valence-electron chi connectivity index (χ3n) is 3.78. The van der Waals surface area contributed by atoms with E-state index in [1.807, 2.05) is 60.7 Å². The summed E-state index contributed by atoms with van der Waals surface area (Å²) in [6, 6.07) is 26.4. The van der Waals surface area contributed by atoms with E-state index in [2.05, 4.69) is 0 Å². The molecule has 3 rings (SSSR count). The molecule has 0 spiro atoms. The SMILES string of the molecule is O=S(=O)(O)c1ccc(C(c2ccccc2)c2ccccc2)cc1. The van der Waals surface area contributed by atoms with Crippen LogP contribution in [0.5, 0.6) is 0 Å². The lowest BCUT2D eigenvalue weighted by molar-refractivity contribution is 0.483. The van der Waals surface area contributed by atoms with Gasteiger partial charge in [0, 0.05) is 5.92 Å². The van der Waals surface area contributed by atoms with Crippen molar-refractivity contribution in [2.45, 2.75) is 10.8 Å². The Bertz CT molecular complexity index is 831. The minimum Gasteiger partial charge on any atom is -0.282 e. The fourth-order valence-electron chi connectivity index (χ4n) is 2.70. The molecule has 0 fully saturated rings. The van der Waals surface area contributed by atoms with Gasteiger partial charge in [0.15, 0.2) is 0 Å². The summed E-state index contributed by atoms with van der Waals surface area (Å²) >= 11 is 0. The maximum Gasteiger partial charge on any atom is 0.294 e. The van der Waals surface area contributed by atoms with Crippen LogP contribution in [0.1, 0.15) is 22.6 Å². The van der Waals surface area contributed by atoms with Gasteiger partial charge in [-0.15, -0.1) is 0 Å². The molecule has 23 heavy (non-hydrogen) atoms. The number of hydrogen-bond donors (Lipinski definition) is 1. The fourth-order valence-corrected chi connectivity index (χ4v) is 3.18. The van der Waals surface area contributed by atoms with Crippen LogP contribution in [-0.2, 0) is 10.1 Å². The van der Waals surface area contributed by atoms with Gasteiger partial charge < -0.3 is 0 Å². The van der Waals surface area contributed by atoms with E-state index in [1.165, 1.54) is 12.1 Å². The van der Waals surface area contributed by atoms with E-state index in [4.69, 9.17) is 4.55 Å². The zero-order valence-corrected chi connectivity index (χ0v) is 13.1. The molecule has 0 aromatic heterocycles. The van der Waals surface area contributed by atoms with Gasteiger partial charge in [-0.3, -0.25) is 4.55 Å². The molecule has 0 saturated heterocycles. The molecule has 0 radical (unpaired) electrons. The molecule has 3 aromatic carbocycles. The van der Waals surface area contributed by atoms with E-state index in [0.717, 1.165) is 16.7 Å². The van der Waals surface area contributed by atoms with Gasteiger partial charge in [-0.2, -0.15) is 8.42 Å². The first-order valence-corrected chi connectivity index (χ1v) is 8.67. The van der Waals surface area contributed by atoms with Crippen LogP contribution in [0.4, 0.5) is 0 Å². The van der Waals surface area contributed by atoms with Crippen molar-refractivity contribution in [3.05, 3.63) is 102 Å². The van der Waals surface area contributed by atoms with Crippen molar-refractivity contribution in [3.8, 4) is 0 Å². The Morgan fingerprint density at radius 2 is 1.00 bits per heavy atom. The van der Waals surface area contributed by atoms with Crippen LogP contribution in [0, 0.1) is 0 Å². The minimum atomic E-state index is -4.17. The molecule has 0 aliphatic carbocycles. The third kappa shape index (κ3) is 3.50. The monoisotopic (exact) mass is 324 g/mol. The second-order valence-corrected chi connectivity index (χ2v) is 6.72. The minimum absolute atomic E-state index is 0.00727. The summed E-state index contributed by atoms with van der Waals surface area (Å²) < 4.78 is 31.5. The Balaban J connectivity index is 2.09. The zero-order valence-electron chi connectivity index (χ0n) is 12.3. The number of benzene rings is 3. The van der Waals surface area contributed by atoms with Crippen molar-refractivity contribution in [1.82, 2.24) is 0 Å². The van der Waals surface area contributed by atoms with Crippen LogP contribution in [0.3, 0.4) is 0 Å². The highest BCUT2D eigenvalue weighted by molar-refractivity contribution is 7.85. The van der Waals surface area contributed by atoms with E-state index in [9.17, 15) is 8.42 Å². The van der Waals surface area contributed by atoms with Crippen LogP contribution in [0.25, 0.3) is 0 Å². The molecule has 0 bridgehead atoms. The lowest BCUT2D eigenvalue weighted by atomic mass is 9.85. The highest BCUT2D eigenvalue weighted by Gasteiger charge is 2.17. The summed E-state index contributed by atoms with van der Waals surface area (Å²) in [5.74, 6) is 0.00727. The molecule has 0 amide bonds. The summed E-state index contributed by atoms with van der Waals surface area (Å²) in [5, 5.41) is 0. The molecule has 0 aliphatic rings. The predicted octanol–water partition coefficient (Wildman–Crippen LogP) is 4.11. The van der Waals surface area contributed by atoms with Gasteiger partial charge in [0.1, 0.15) is 0 Å². The first-order valence-electron chi connectivity index (χ1n) is 7.23. The Morgan fingerprint density at radius 1 is 0.609 bits per heavy atom. The van der Waals surface area contributed by atoms with E-state index in [1.54, 1.807) is 12.1 Å². The van der Waals surface area contributed by atoms with Gasteiger partial charge in [-0.25, -0.2) is 0 Å². The molecular formula is C19H16O3S. The summed E-state index contributed by atoms with van der Waals surface area (Å²) in [7, 11) is -4.17. The van der Waals surface area contributed by atoms with Crippen molar-refractivity contribution in [1.29, 1.82) is 0 Å². The molecular weight excluding hydrogens is 308 g/mol. The molecule has 3 nitrogen and oxygen atoms in total. The second kappa shape index (κ2) is 6.36. The average Bonchev–Trinajstić information content (AvgIpc) is 2.57. The predicted molar refractivity (Wildman–Crippen MR) is 90.1 cm³/mol. The average molecular weight is 324 g/mol. The van der Waals surface area contributed by atoms with E-state index in [-0.39, 0.29) is 10.8 Å². The molecule has 0 aliphatic heterocycles. The quantitative estimate of drug-likeness (QED) is 0.580. The van der Waals surface area contributed by atoms with Crippen LogP contribution < -0.4 is 0 Å². The van der Waals surface area contributed by atoms with E-state index < -0.39 is 10.1 Å². The van der Waals surface area contributed by atoms with Crippen molar-refractivity contribution in [2.75, 3.05) is 0 Å². The molecule has 116 valence electrons. The Morgan fingerprint density at radius 3 is 1.39 bits per heavy atom. The van der Waals surface area contributed by atoms with Crippen molar-refractivity contribution in [3.63, 3.8) is 0 Å². The zero-order chi connectivity index (χ0) is 16.3. The number of hydrogen-bond acceptors (Lipinski definition) is 2. The van der Waals surface area contributed by atoms with Crippen LogP contribution in [-0.4, -0.2) is 13.0 Å². The maximum absolute atomic E-state index is 11.2. The summed E-state index contributed by atoms with van der Waals surface area (Å²) in [6.45, 7) is 0. The van der Waals surface area contributed by atoms with Crippen LogP contribution in [0.15, 0.2) is 89.8 Å². The second-order valence-electron chi connectivity index (χ2n) is 5.30. The molecule has 1 N–H and O–H groups in total.